The Bertz CT molecular complexity index is 1120. The number of amides is 1. The van der Waals surface area contributed by atoms with Gasteiger partial charge in [-0.1, -0.05) is 72.9 Å². The number of morpholine rings is 1. The number of nitrogens with zero attached hydrogens (tertiary/aromatic N) is 1. The zero-order valence-corrected chi connectivity index (χ0v) is 21.1. The van der Waals surface area contributed by atoms with Crippen LogP contribution in [0.1, 0.15) is 48.6 Å². The van der Waals surface area contributed by atoms with Crippen LogP contribution in [-0.4, -0.2) is 29.5 Å². The predicted octanol–water partition coefficient (Wildman–Crippen LogP) is 6.51. The Hall–Kier alpha value is -2.44. The maximum absolute atomic E-state index is 14.0. The van der Waals surface area contributed by atoms with Gasteiger partial charge in [0.2, 0.25) is 0 Å². The highest BCUT2D eigenvalue weighted by atomic mass is 35.5. The van der Waals surface area contributed by atoms with E-state index in [0.29, 0.717) is 23.0 Å². The molecular formula is C28H29Cl2FN2O2. The molecule has 0 spiro atoms. The van der Waals surface area contributed by atoms with E-state index >= 15 is 0 Å². The van der Waals surface area contributed by atoms with E-state index in [1.807, 2.05) is 53.4 Å². The van der Waals surface area contributed by atoms with E-state index in [0.717, 1.165) is 29.5 Å². The van der Waals surface area contributed by atoms with E-state index in [-0.39, 0.29) is 17.8 Å². The Morgan fingerprint density at radius 1 is 0.943 bits per heavy atom. The molecule has 0 aliphatic carbocycles. The lowest BCUT2D eigenvalue weighted by molar-refractivity contribution is -0.179. The first kappa shape index (κ1) is 25.6. The lowest BCUT2D eigenvalue weighted by Gasteiger charge is -2.48. The quantitative estimate of drug-likeness (QED) is 0.372. The third-order valence-electron chi connectivity index (χ3n) is 6.46. The van der Waals surface area contributed by atoms with Crippen LogP contribution in [0.5, 0.6) is 0 Å². The smallest absolute Gasteiger partial charge is 0.252 e. The number of benzene rings is 3. The summed E-state index contributed by atoms with van der Waals surface area (Å²) in [5.41, 5.74) is 8.86. The molecule has 3 aromatic rings. The third-order valence-corrected chi connectivity index (χ3v) is 6.96. The summed E-state index contributed by atoms with van der Waals surface area (Å²) >= 11 is 12.3. The Morgan fingerprint density at radius 2 is 1.51 bits per heavy atom. The summed E-state index contributed by atoms with van der Waals surface area (Å²) in [6, 6.07) is 20.6. The van der Waals surface area contributed by atoms with Crippen LogP contribution in [0.4, 0.5) is 4.39 Å². The highest BCUT2D eigenvalue weighted by Gasteiger charge is 2.46. The van der Waals surface area contributed by atoms with Gasteiger partial charge in [-0.3, -0.25) is 4.79 Å². The molecule has 3 aromatic carbocycles. The third kappa shape index (κ3) is 5.87. The van der Waals surface area contributed by atoms with Crippen LogP contribution >= 0.6 is 23.2 Å². The molecule has 0 unspecified atom stereocenters. The van der Waals surface area contributed by atoms with Crippen LogP contribution in [0.2, 0.25) is 10.0 Å². The first-order chi connectivity index (χ1) is 16.9. The van der Waals surface area contributed by atoms with Gasteiger partial charge in [-0.25, -0.2) is 4.39 Å². The van der Waals surface area contributed by atoms with E-state index < -0.39 is 18.2 Å². The van der Waals surface area contributed by atoms with Gasteiger partial charge in [-0.15, -0.1) is 0 Å². The summed E-state index contributed by atoms with van der Waals surface area (Å²) in [7, 11) is 0. The number of hydrogen-bond acceptors (Lipinski definition) is 3. The normalized spacial score (nSPS) is 21.2. The first-order valence-electron chi connectivity index (χ1n) is 11.8. The summed E-state index contributed by atoms with van der Waals surface area (Å²) in [5.74, 6) is -0.442. The van der Waals surface area contributed by atoms with Crippen molar-refractivity contribution in [2.45, 2.75) is 50.5 Å². The molecule has 4 rings (SSSR count). The fourth-order valence-electron chi connectivity index (χ4n) is 4.75. The monoisotopic (exact) mass is 514 g/mol. The molecule has 2 N–H and O–H groups in total. The van der Waals surface area contributed by atoms with Crippen LogP contribution in [0, 0.1) is 5.82 Å². The minimum Gasteiger partial charge on any atom is -0.358 e. The highest BCUT2D eigenvalue weighted by molar-refractivity contribution is 6.30. The molecule has 1 heterocycles. The van der Waals surface area contributed by atoms with Crippen molar-refractivity contribution in [3.63, 3.8) is 0 Å². The number of rotatable bonds is 8. The number of halogens is 3. The molecule has 0 radical (unpaired) electrons. The lowest BCUT2D eigenvalue weighted by Crippen LogP contribution is -2.57. The Balaban J connectivity index is 1.81. The fraction of sp³-hybridized carbons (Fsp3) is 0.321. The van der Waals surface area contributed by atoms with Crippen LogP contribution in [0.15, 0.2) is 72.8 Å². The molecule has 1 saturated heterocycles. The van der Waals surface area contributed by atoms with Gasteiger partial charge in [0, 0.05) is 29.1 Å². The average Bonchev–Trinajstić information content (AvgIpc) is 2.86. The molecule has 1 fully saturated rings. The molecule has 1 amide bonds. The van der Waals surface area contributed by atoms with Crippen molar-refractivity contribution in [2.75, 3.05) is 6.54 Å². The van der Waals surface area contributed by atoms with E-state index in [9.17, 15) is 9.18 Å². The fourth-order valence-corrected chi connectivity index (χ4v) is 5.00. The van der Waals surface area contributed by atoms with Crippen LogP contribution in [0.3, 0.4) is 0 Å². The molecule has 4 atom stereocenters. The second kappa shape index (κ2) is 11.5. The zero-order chi connectivity index (χ0) is 24.9. The van der Waals surface area contributed by atoms with E-state index in [4.69, 9.17) is 33.7 Å². The summed E-state index contributed by atoms with van der Waals surface area (Å²) in [4.78, 5) is 15.9. The molecule has 4 nitrogen and oxygen atoms in total. The zero-order valence-electron chi connectivity index (χ0n) is 19.5. The van der Waals surface area contributed by atoms with E-state index in [1.54, 1.807) is 12.1 Å². The van der Waals surface area contributed by atoms with Crippen molar-refractivity contribution in [2.24, 2.45) is 5.73 Å². The molecule has 35 heavy (non-hydrogen) atoms. The Morgan fingerprint density at radius 3 is 2.06 bits per heavy atom. The molecule has 0 saturated carbocycles. The molecule has 1 aliphatic rings. The van der Waals surface area contributed by atoms with Gasteiger partial charge >= 0.3 is 0 Å². The topological polar surface area (TPSA) is 55.6 Å². The Kier molecular flexibility index (Phi) is 8.45. The highest BCUT2D eigenvalue weighted by Crippen LogP contribution is 2.44. The van der Waals surface area contributed by atoms with Gasteiger partial charge in [0.05, 0.1) is 6.04 Å². The summed E-state index contributed by atoms with van der Waals surface area (Å²) < 4.78 is 20.0. The summed E-state index contributed by atoms with van der Waals surface area (Å²) in [5, 5.41) is 1.23. The van der Waals surface area contributed by atoms with Crippen molar-refractivity contribution in [1.29, 1.82) is 0 Å². The molecule has 184 valence electrons. The molecule has 0 bridgehead atoms. The van der Waals surface area contributed by atoms with Crippen LogP contribution in [0.25, 0.3) is 0 Å². The lowest BCUT2D eigenvalue weighted by atomic mass is 9.88. The first-order valence-corrected chi connectivity index (χ1v) is 12.6. The van der Waals surface area contributed by atoms with Gasteiger partial charge in [0.25, 0.3) is 5.91 Å². The van der Waals surface area contributed by atoms with Crippen molar-refractivity contribution < 1.29 is 13.9 Å². The number of carbonyl (C=O) groups is 1. The van der Waals surface area contributed by atoms with Gasteiger partial charge in [0.15, 0.2) is 0 Å². The van der Waals surface area contributed by atoms with E-state index in [1.165, 1.54) is 12.1 Å². The minimum atomic E-state index is -0.740. The van der Waals surface area contributed by atoms with Gasteiger partial charge in [0.1, 0.15) is 18.0 Å². The maximum Gasteiger partial charge on any atom is 0.252 e. The maximum atomic E-state index is 14.0. The average molecular weight is 515 g/mol. The molecular weight excluding hydrogens is 486 g/mol. The molecule has 1 aliphatic heterocycles. The number of hydrogen-bond donors (Lipinski definition) is 1. The number of carbonyl (C=O) groups excluding carboxylic acids is 1. The summed E-state index contributed by atoms with van der Waals surface area (Å²) in [6.45, 7) is 2.41. The number of nitrogens with two attached hydrogens (primary N) is 1. The van der Waals surface area contributed by atoms with Crippen LogP contribution in [-0.2, 0) is 16.0 Å². The predicted molar refractivity (Wildman–Crippen MR) is 138 cm³/mol. The SMILES string of the molecule is CCC[C@@H](CN)N1C(=O)[C@@H](Cc2ccc(F)cc2)O[C@H](c2ccc(Cl)cc2)[C@@H]1c1ccc(Cl)cc1. The number of ether oxygens (including phenoxy) is 1. The second-order valence-corrected chi connectivity index (χ2v) is 9.72. The van der Waals surface area contributed by atoms with Crippen LogP contribution < -0.4 is 5.73 Å². The second-order valence-electron chi connectivity index (χ2n) is 8.85. The standard InChI is InChI=1S/C28H29Cl2FN2O2/c1-2-3-24(17-32)33-26(19-6-10-21(29)11-7-19)27(20-8-12-22(30)13-9-20)35-25(28(33)34)16-18-4-14-23(31)15-5-18/h4-15,24-27H,2-3,16-17,32H2,1H3/t24-,25+,26-,27+/m0/s1. The van der Waals surface area contributed by atoms with Crippen molar-refractivity contribution in [1.82, 2.24) is 4.90 Å². The van der Waals surface area contributed by atoms with Gasteiger partial charge in [-0.05, 0) is 59.5 Å². The van der Waals surface area contributed by atoms with Gasteiger partial charge in [-0.2, -0.15) is 0 Å². The molecule has 0 aromatic heterocycles. The Labute approximate surface area is 215 Å². The largest absolute Gasteiger partial charge is 0.358 e. The van der Waals surface area contributed by atoms with Crippen molar-refractivity contribution in [3.8, 4) is 0 Å². The van der Waals surface area contributed by atoms with E-state index in [2.05, 4.69) is 6.92 Å². The minimum absolute atomic E-state index is 0.122. The summed E-state index contributed by atoms with van der Waals surface area (Å²) in [6.07, 6.45) is 0.783. The van der Waals surface area contributed by atoms with Crippen molar-refractivity contribution >= 4 is 29.1 Å². The molecule has 7 heteroatoms. The van der Waals surface area contributed by atoms with Gasteiger partial charge < -0.3 is 15.4 Å². The van der Waals surface area contributed by atoms with Crippen molar-refractivity contribution in [3.05, 3.63) is 105 Å².